The van der Waals surface area contributed by atoms with E-state index in [2.05, 4.69) is 19.1 Å². The first-order valence-electron chi connectivity index (χ1n) is 11.6. The van der Waals surface area contributed by atoms with E-state index in [0.717, 1.165) is 36.1 Å². The van der Waals surface area contributed by atoms with Crippen molar-refractivity contribution in [2.24, 2.45) is 0 Å². The van der Waals surface area contributed by atoms with Crippen LogP contribution in [0.2, 0.25) is 0 Å². The number of aryl methyl sites for hydroxylation is 2. The van der Waals surface area contributed by atoms with Gasteiger partial charge in [-0.3, -0.25) is 0 Å². The largest absolute Gasteiger partial charge is 0.419 e. The van der Waals surface area contributed by atoms with Gasteiger partial charge < -0.3 is 0 Å². The SMILES string of the molecule is CCCCCCCc1ccc2c(c1)CCc1c-2ccc(-c2ccc(C(F)(F)F)c(F)c2)c1F. The van der Waals surface area contributed by atoms with Crippen molar-refractivity contribution in [2.75, 3.05) is 0 Å². The molecule has 0 radical (unpaired) electrons. The van der Waals surface area contributed by atoms with E-state index >= 15 is 4.39 Å². The number of hydrogen-bond acceptors (Lipinski definition) is 0. The van der Waals surface area contributed by atoms with Crippen LogP contribution in [0.4, 0.5) is 22.0 Å². The van der Waals surface area contributed by atoms with Crippen molar-refractivity contribution in [3.63, 3.8) is 0 Å². The fraction of sp³-hybridized carbons (Fsp3) is 0.357. The average molecular weight is 459 g/mol. The van der Waals surface area contributed by atoms with Crippen LogP contribution in [0, 0.1) is 11.6 Å². The fourth-order valence-electron chi connectivity index (χ4n) is 4.72. The molecule has 0 saturated heterocycles. The highest BCUT2D eigenvalue weighted by molar-refractivity contribution is 5.78. The highest BCUT2D eigenvalue weighted by Gasteiger charge is 2.34. The van der Waals surface area contributed by atoms with Gasteiger partial charge in [-0.15, -0.1) is 0 Å². The second-order valence-corrected chi connectivity index (χ2v) is 8.80. The molecule has 0 fully saturated rings. The summed E-state index contributed by atoms with van der Waals surface area (Å²) in [6, 6.07) is 12.3. The van der Waals surface area contributed by atoms with E-state index in [1.54, 1.807) is 6.07 Å². The Kier molecular flexibility index (Phi) is 6.87. The van der Waals surface area contributed by atoms with Gasteiger partial charge in [0.2, 0.25) is 0 Å². The molecule has 1 aliphatic carbocycles. The van der Waals surface area contributed by atoms with Gasteiger partial charge in [0.25, 0.3) is 0 Å². The zero-order chi connectivity index (χ0) is 23.6. The first kappa shape index (κ1) is 23.5. The molecule has 0 heterocycles. The molecular formula is C28H27F5. The Morgan fingerprint density at radius 1 is 0.758 bits per heavy atom. The molecule has 0 aromatic heterocycles. The van der Waals surface area contributed by atoms with Crippen LogP contribution in [0.1, 0.15) is 61.3 Å². The number of fused-ring (bicyclic) bond motifs is 3. The molecular weight excluding hydrogens is 431 g/mol. The third kappa shape index (κ3) is 4.97. The molecule has 0 spiro atoms. The molecule has 174 valence electrons. The Morgan fingerprint density at radius 2 is 1.48 bits per heavy atom. The van der Waals surface area contributed by atoms with Crippen molar-refractivity contribution >= 4 is 0 Å². The number of alkyl halides is 3. The number of hydrogen-bond donors (Lipinski definition) is 0. The van der Waals surface area contributed by atoms with Gasteiger partial charge in [-0.1, -0.05) is 69.0 Å². The molecule has 0 aliphatic heterocycles. The summed E-state index contributed by atoms with van der Waals surface area (Å²) >= 11 is 0. The third-order valence-corrected chi connectivity index (χ3v) is 6.50. The first-order valence-corrected chi connectivity index (χ1v) is 11.6. The minimum atomic E-state index is -4.78. The summed E-state index contributed by atoms with van der Waals surface area (Å²) in [4.78, 5) is 0. The third-order valence-electron chi connectivity index (χ3n) is 6.50. The van der Waals surface area contributed by atoms with Crippen molar-refractivity contribution in [3.8, 4) is 22.3 Å². The van der Waals surface area contributed by atoms with Gasteiger partial charge in [0.15, 0.2) is 0 Å². The lowest BCUT2D eigenvalue weighted by molar-refractivity contribution is -0.139. The zero-order valence-electron chi connectivity index (χ0n) is 18.7. The summed E-state index contributed by atoms with van der Waals surface area (Å²) in [5, 5.41) is 0. The molecule has 0 saturated carbocycles. The standard InChI is InChI=1S/C28H27F5/c1-2-3-4-5-6-7-18-8-11-21-19(16-18)9-12-24-23(21)14-13-22(27(24)30)20-10-15-25(26(29)17-20)28(31,32)33/h8,10-11,13-17H,2-7,9,12H2,1H3. The molecule has 0 unspecified atom stereocenters. The van der Waals surface area contributed by atoms with E-state index in [1.165, 1.54) is 42.9 Å². The molecule has 33 heavy (non-hydrogen) atoms. The quantitative estimate of drug-likeness (QED) is 0.245. The Morgan fingerprint density at radius 3 is 2.21 bits per heavy atom. The van der Waals surface area contributed by atoms with Gasteiger partial charge in [0.05, 0.1) is 5.56 Å². The number of rotatable bonds is 7. The minimum absolute atomic E-state index is 0.102. The molecule has 3 aromatic rings. The molecule has 1 aliphatic rings. The van der Waals surface area contributed by atoms with E-state index in [-0.39, 0.29) is 11.1 Å². The molecule has 0 nitrogen and oxygen atoms in total. The monoisotopic (exact) mass is 458 g/mol. The first-order chi connectivity index (χ1) is 15.8. The van der Waals surface area contributed by atoms with Crippen LogP contribution in [0.3, 0.4) is 0 Å². The summed E-state index contributed by atoms with van der Waals surface area (Å²) in [5.74, 6) is -1.89. The summed E-state index contributed by atoms with van der Waals surface area (Å²) in [5.41, 5.74) is 3.70. The van der Waals surface area contributed by atoms with Crippen LogP contribution >= 0.6 is 0 Å². The highest BCUT2D eigenvalue weighted by Crippen LogP contribution is 2.40. The second kappa shape index (κ2) is 9.66. The topological polar surface area (TPSA) is 0 Å². The summed E-state index contributed by atoms with van der Waals surface area (Å²) in [6.45, 7) is 2.20. The molecule has 4 rings (SSSR count). The summed E-state index contributed by atoms with van der Waals surface area (Å²) < 4.78 is 68.0. The smallest absolute Gasteiger partial charge is 0.206 e. The molecule has 5 heteroatoms. The van der Waals surface area contributed by atoms with Crippen LogP contribution in [-0.2, 0) is 25.4 Å². The summed E-state index contributed by atoms with van der Waals surface area (Å²) in [7, 11) is 0. The van der Waals surface area contributed by atoms with Crippen LogP contribution in [0.25, 0.3) is 22.3 Å². The van der Waals surface area contributed by atoms with Crippen LogP contribution < -0.4 is 0 Å². The Hall–Kier alpha value is -2.69. The van der Waals surface area contributed by atoms with Crippen molar-refractivity contribution in [1.82, 2.24) is 0 Å². The van der Waals surface area contributed by atoms with Crippen molar-refractivity contribution in [3.05, 3.63) is 82.4 Å². The van der Waals surface area contributed by atoms with Gasteiger partial charge >= 0.3 is 6.18 Å². The lowest BCUT2D eigenvalue weighted by atomic mass is 9.82. The summed E-state index contributed by atoms with van der Waals surface area (Å²) in [6.07, 6.45) is 3.62. The van der Waals surface area contributed by atoms with Crippen LogP contribution in [-0.4, -0.2) is 0 Å². The normalized spacial score (nSPS) is 13.0. The van der Waals surface area contributed by atoms with Crippen molar-refractivity contribution in [2.45, 2.75) is 64.5 Å². The molecule has 0 bridgehead atoms. The molecule has 0 atom stereocenters. The lowest BCUT2D eigenvalue weighted by Crippen LogP contribution is -2.09. The van der Waals surface area contributed by atoms with E-state index in [9.17, 15) is 17.6 Å². The van der Waals surface area contributed by atoms with Crippen molar-refractivity contribution in [1.29, 1.82) is 0 Å². The minimum Gasteiger partial charge on any atom is -0.206 e. The fourth-order valence-corrected chi connectivity index (χ4v) is 4.72. The molecule has 0 amide bonds. The molecule has 3 aromatic carbocycles. The predicted molar refractivity (Wildman–Crippen MR) is 122 cm³/mol. The maximum atomic E-state index is 15.4. The van der Waals surface area contributed by atoms with Gasteiger partial charge in [0, 0.05) is 5.56 Å². The maximum Gasteiger partial charge on any atom is 0.419 e. The average Bonchev–Trinajstić information content (AvgIpc) is 2.78. The van der Waals surface area contributed by atoms with Crippen LogP contribution in [0.5, 0.6) is 0 Å². The number of unbranched alkanes of at least 4 members (excludes halogenated alkanes) is 4. The number of benzene rings is 3. The Bertz CT molecular complexity index is 1140. The van der Waals surface area contributed by atoms with Gasteiger partial charge in [-0.25, -0.2) is 8.78 Å². The zero-order valence-corrected chi connectivity index (χ0v) is 18.7. The Balaban J connectivity index is 1.59. The van der Waals surface area contributed by atoms with E-state index < -0.39 is 23.4 Å². The highest BCUT2D eigenvalue weighted by atomic mass is 19.4. The second-order valence-electron chi connectivity index (χ2n) is 8.80. The van der Waals surface area contributed by atoms with Gasteiger partial charge in [0.1, 0.15) is 11.6 Å². The molecule has 0 N–H and O–H groups in total. The maximum absolute atomic E-state index is 15.4. The predicted octanol–water partition coefficient (Wildman–Crippen LogP) is 8.93. The number of halogens is 5. The van der Waals surface area contributed by atoms with E-state index in [4.69, 9.17) is 0 Å². The van der Waals surface area contributed by atoms with E-state index in [1.807, 2.05) is 6.07 Å². The van der Waals surface area contributed by atoms with Crippen molar-refractivity contribution < 1.29 is 22.0 Å². The van der Waals surface area contributed by atoms with E-state index in [0.29, 0.717) is 24.5 Å². The van der Waals surface area contributed by atoms with Crippen LogP contribution in [0.15, 0.2) is 48.5 Å². The Labute approximate surface area is 191 Å². The van der Waals surface area contributed by atoms with Gasteiger partial charge in [-0.05, 0) is 71.2 Å². The lowest BCUT2D eigenvalue weighted by Gasteiger charge is -2.23. The van der Waals surface area contributed by atoms with Gasteiger partial charge in [-0.2, -0.15) is 13.2 Å².